The van der Waals surface area contributed by atoms with Gasteiger partial charge in [0.1, 0.15) is 12.1 Å². The van der Waals surface area contributed by atoms with Gasteiger partial charge in [0, 0.05) is 6.21 Å². The zero-order chi connectivity index (χ0) is 5.54. The summed E-state index contributed by atoms with van der Waals surface area (Å²) in [6.45, 7) is 3.33. The Morgan fingerprint density at radius 1 is 1.71 bits per heavy atom. The van der Waals surface area contributed by atoms with Crippen molar-refractivity contribution in [1.29, 1.82) is 0 Å². The van der Waals surface area contributed by atoms with Crippen LogP contribution in [0.25, 0.3) is 0 Å². The van der Waals surface area contributed by atoms with Gasteiger partial charge in [0.15, 0.2) is 0 Å². The molecule has 2 nitrogen and oxygen atoms in total. The Morgan fingerprint density at radius 2 is 2.43 bits per heavy atom. The molecule has 0 rings (SSSR count). The molecule has 0 aliphatic carbocycles. The molecule has 36 valence electrons. The zero-order valence-corrected chi connectivity index (χ0v) is 3.79. The van der Waals surface area contributed by atoms with E-state index >= 15 is 0 Å². The highest BCUT2D eigenvalue weighted by atomic mass is 16.1. The van der Waals surface area contributed by atoms with Crippen molar-refractivity contribution in [1.82, 2.24) is 0 Å². The summed E-state index contributed by atoms with van der Waals surface area (Å²) in [7, 11) is 0. The van der Waals surface area contributed by atoms with Crippen molar-refractivity contribution in [2.24, 2.45) is 4.99 Å². The fraction of sp³-hybridized carbons (Fsp3) is 0. The number of carbonyl (C=O) groups excluding carboxylic acids is 1. The third-order valence-electron chi connectivity index (χ3n) is 0.319. The van der Waals surface area contributed by atoms with Crippen LogP contribution in [-0.2, 0) is 4.79 Å². The van der Waals surface area contributed by atoms with Crippen molar-refractivity contribution < 1.29 is 4.79 Å². The maximum Gasteiger partial charge on any atom is 0.144 e. The molecule has 7 heavy (non-hydrogen) atoms. The molecule has 0 bridgehead atoms. The monoisotopic (exact) mass is 95.0 g/mol. The summed E-state index contributed by atoms with van der Waals surface area (Å²) in [6, 6.07) is 0. The lowest BCUT2D eigenvalue weighted by Gasteiger charge is -1.60. The summed E-state index contributed by atoms with van der Waals surface area (Å²) in [5.74, 6) is 1.48. The Bertz CT molecular complexity index is 120. The molecule has 0 N–H and O–H groups in total. The molecule has 0 aliphatic heterocycles. The highest BCUT2D eigenvalue weighted by Gasteiger charge is 1.52. The molecule has 0 aliphatic rings. The fourth-order valence-corrected chi connectivity index (χ4v) is 0.134. The molecule has 0 atom stereocenters. The van der Waals surface area contributed by atoms with E-state index in [9.17, 15) is 4.79 Å². The number of allylic oxidation sites excluding steroid dienone is 1. The van der Waals surface area contributed by atoms with Crippen LogP contribution in [0.5, 0.6) is 0 Å². The van der Waals surface area contributed by atoms with E-state index in [1.165, 1.54) is 18.2 Å². The van der Waals surface area contributed by atoms with Crippen LogP contribution in [0.15, 0.2) is 23.8 Å². The van der Waals surface area contributed by atoms with Crippen molar-refractivity contribution in [2.75, 3.05) is 0 Å². The summed E-state index contributed by atoms with van der Waals surface area (Å²) in [5, 5.41) is 0. The van der Waals surface area contributed by atoms with Crippen LogP contribution in [-0.4, -0.2) is 12.2 Å². The standard InChI is InChI=1S/C5H5NO/c1-2-3-6-4-5-7/h2-4H,1H2. The van der Waals surface area contributed by atoms with Crippen molar-refractivity contribution in [2.45, 2.75) is 0 Å². The van der Waals surface area contributed by atoms with E-state index in [0.29, 0.717) is 0 Å². The van der Waals surface area contributed by atoms with Crippen molar-refractivity contribution in [3.05, 3.63) is 18.9 Å². The molecular weight excluding hydrogens is 90.1 g/mol. The van der Waals surface area contributed by atoms with Gasteiger partial charge in [-0.1, -0.05) is 12.7 Å². The van der Waals surface area contributed by atoms with E-state index in [1.54, 1.807) is 0 Å². The largest absolute Gasteiger partial charge is 0.253 e. The summed E-state index contributed by atoms with van der Waals surface area (Å²) in [6.07, 6.45) is 3.92. The zero-order valence-electron chi connectivity index (χ0n) is 3.79. The third-order valence-corrected chi connectivity index (χ3v) is 0.319. The molecule has 0 saturated heterocycles. The molecule has 0 heterocycles. The molecule has 0 aromatic carbocycles. The van der Waals surface area contributed by atoms with Crippen LogP contribution in [0, 0.1) is 0 Å². The minimum Gasteiger partial charge on any atom is -0.253 e. The minimum absolute atomic E-state index is 1.03. The molecule has 0 unspecified atom stereocenters. The second-order valence-corrected chi connectivity index (χ2v) is 0.781. The van der Waals surface area contributed by atoms with E-state index in [0.717, 1.165) is 6.20 Å². The van der Waals surface area contributed by atoms with Crippen LogP contribution >= 0.6 is 0 Å². The Hall–Kier alpha value is -1.14. The molecule has 0 spiro atoms. The summed E-state index contributed by atoms with van der Waals surface area (Å²) < 4.78 is 0. The Kier molecular flexibility index (Phi) is 4.07. The van der Waals surface area contributed by atoms with E-state index in [-0.39, 0.29) is 0 Å². The van der Waals surface area contributed by atoms with Crippen LogP contribution in [0.4, 0.5) is 0 Å². The number of hydrogen-bond donors (Lipinski definition) is 0. The smallest absolute Gasteiger partial charge is 0.144 e. The van der Waals surface area contributed by atoms with Crippen LogP contribution < -0.4 is 0 Å². The van der Waals surface area contributed by atoms with E-state index in [2.05, 4.69) is 11.6 Å². The van der Waals surface area contributed by atoms with Gasteiger partial charge in [-0.3, -0.25) is 4.99 Å². The van der Waals surface area contributed by atoms with Crippen molar-refractivity contribution in [3.8, 4) is 0 Å². The lowest BCUT2D eigenvalue weighted by molar-refractivity contribution is 0.568. The number of nitrogens with zero attached hydrogens (tertiary/aromatic N) is 1. The number of hydrogen-bond acceptors (Lipinski definition) is 2. The third kappa shape index (κ3) is 4.86. The van der Waals surface area contributed by atoms with Gasteiger partial charge in [-0.15, -0.1) is 0 Å². The highest BCUT2D eigenvalue weighted by Crippen LogP contribution is 1.60. The SMILES string of the molecule is C=CC=NC=C=O. The maximum absolute atomic E-state index is 9.35. The molecule has 0 aromatic rings. The molecule has 0 saturated carbocycles. The number of aliphatic imine (C=N–C) groups is 1. The van der Waals surface area contributed by atoms with Gasteiger partial charge in [-0.25, -0.2) is 4.79 Å². The average molecular weight is 95.1 g/mol. The maximum atomic E-state index is 9.35. The first kappa shape index (κ1) is 5.86. The van der Waals surface area contributed by atoms with E-state index < -0.39 is 0 Å². The molecule has 0 fully saturated rings. The first-order valence-corrected chi connectivity index (χ1v) is 1.75. The van der Waals surface area contributed by atoms with Crippen molar-refractivity contribution in [3.63, 3.8) is 0 Å². The van der Waals surface area contributed by atoms with Crippen LogP contribution in [0.2, 0.25) is 0 Å². The Labute approximate surface area is 41.9 Å². The predicted molar refractivity (Wildman–Crippen MR) is 29.0 cm³/mol. The van der Waals surface area contributed by atoms with Gasteiger partial charge in [-0.05, 0) is 0 Å². The molecular formula is C5H5NO. The first-order valence-electron chi connectivity index (χ1n) is 1.75. The summed E-state index contributed by atoms with van der Waals surface area (Å²) >= 11 is 0. The Morgan fingerprint density at radius 3 is 2.86 bits per heavy atom. The van der Waals surface area contributed by atoms with Gasteiger partial charge in [0.05, 0.1) is 0 Å². The second-order valence-electron chi connectivity index (χ2n) is 0.781. The van der Waals surface area contributed by atoms with Gasteiger partial charge < -0.3 is 0 Å². The van der Waals surface area contributed by atoms with Gasteiger partial charge in [0.2, 0.25) is 0 Å². The predicted octanol–water partition coefficient (Wildman–Crippen LogP) is 0.589. The van der Waals surface area contributed by atoms with Crippen molar-refractivity contribution >= 4 is 12.2 Å². The average Bonchev–Trinajstić information content (AvgIpc) is 1.69. The lowest BCUT2D eigenvalue weighted by atomic mass is 10.7. The van der Waals surface area contributed by atoms with Gasteiger partial charge >= 0.3 is 0 Å². The van der Waals surface area contributed by atoms with Crippen LogP contribution in [0.1, 0.15) is 0 Å². The Balaban J connectivity index is 3.47. The normalized spacial score (nSPS) is 8.00. The molecule has 0 aromatic heterocycles. The highest BCUT2D eigenvalue weighted by molar-refractivity contribution is 5.71. The van der Waals surface area contributed by atoms with E-state index in [1.807, 2.05) is 0 Å². The summed E-state index contributed by atoms with van der Waals surface area (Å²) in [4.78, 5) is 12.8. The summed E-state index contributed by atoms with van der Waals surface area (Å²) in [5.41, 5.74) is 0. The van der Waals surface area contributed by atoms with Gasteiger partial charge in [0.25, 0.3) is 0 Å². The second kappa shape index (κ2) is 4.86. The molecule has 0 amide bonds. The van der Waals surface area contributed by atoms with E-state index in [4.69, 9.17) is 0 Å². The quantitative estimate of drug-likeness (QED) is 0.364. The molecule has 0 radical (unpaired) electrons. The van der Waals surface area contributed by atoms with Crippen LogP contribution in [0.3, 0.4) is 0 Å². The fourth-order valence-electron chi connectivity index (χ4n) is 0.134. The minimum atomic E-state index is 1.03. The van der Waals surface area contributed by atoms with Gasteiger partial charge in [-0.2, -0.15) is 0 Å². The number of rotatable bonds is 2. The lowest BCUT2D eigenvalue weighted by Crippen LogP contribution is -1.55. The topological polar surface area (TPSA) is 29.4 Å². The molecule has 2 heteroatoms. The first-order chi connectivity index (χ1) is 3.41.